The lowest BCUT2D eigenvalue weighted by Crippen LogP contribution is -2.08. The number of aromatic nitrogens is 1. The summed E-state index contributed by atoms with van der Waals surface area (Å²) in [4.78, 5) is 4.52. The molecule has 2 heteroatoms. The molecule has 0 bridgehead atoms. The Kier molecular flexibility index (Phi) is 4.84. The summed E-state index contributed by atoms with van der Waals surface area (Å²) in [5, 5.41) is 0. The molecule has 17 heavy (non-hydrogen) atoms. The molecular formula is C15H23NO. The third-order valence-corrected chi connectivity index (χ3v) is 3.61. The molecule has 0 aliphatic heterocycles. The van der Waals surface area contributed by atoms with Crippen LogP contribution in [0.1, 0.15) is 51.1 Å². The van der Waals surface area contributed by atoms with Gasteiger partial charge in [-0.05, 0) is 31.7 Å². The fourth-order valence-corrected chi connectivity index (χ4v) is 2.65. The molecule has 2 nitrogen and oxygen atoms in total. The van der Waals surface area contributed by atoms with Crippen LogP contribution in [-0.2, 0) is 6.42 Å². The predicted molar refractivity (Wildman–Crippen MR) is 70.3 cm³/mol. The van der Waals surface area contributed by atoms with Crippen molar-refractivity contribution in [2.75, 3.05) is 6.61 Å². The van der Waals surface area contributed by atoms with Crippen LogP contribution in [0.2, 0.25) is 0 Å². The minimum atomic E-state index is 0.694. The van der Waals surface area contributed by atoms with E-state index in [9.17, 15) is 0 Å². The second-order valence-electron chi connectivity index (χ2n) is 4.94. The van der Waals surface area contributed by atoms with Crippen molar-refractivity contribution in [1.82, 2.24) is 4.98 Å². The summed E-state index contributed by atoms with van der Waals surface area (Å²) >= 11 is 0. The Bertz CT molecular complexity index is 331. The minimum absolute atomic E-state index is 0.694. The van der Waals surface area contributed by atoms with E-state index >= 15 is 0 Å². The Labute approximate surface area is 104 Å². The van der Waals surface area contributed by atoms with Crippen molar-refractivity contribution < 1.29 is 4.74 Å². The van der Waals surface area contributed by atoms with E-state index in [1.807, 2.05) is 19.1 Å². The number of aryl methyl sites for hydroxylation is 1. The van der Waals surface area contributed by atoms with E-state index in [0.717, 1.165) is 18.2 Å². The highest BCUT2D eigenvalue weighted by molar-refractivity contribution is 5.15. The third kappa shape index (κ3) is 4.03. The van der Waals surface area contributed by atoms with Gasteiger partial charge in [-0.15, -0.1) is 0 Å². The lowest BCUT2D eigenvalue weighted by molar-refractivity contribution is 0.322. The summed E-state index contributed by atoms with van der Waals surface area (Å²) < 4.78 is 5.43. The molecule has 0 atom stereocenters. The van der Waals surface area contributed by atoms with Gasteiger partial charge in [0.15, 0.2) is 0 Å². The van der Waals surface area contributed by atoms with Crippen LogP contribution >= 0.6 is 0 Å². The molecule has 1 aromatic rings. The molecule has 0 N–H and O–H groups in total. The van der Waals surface area contributed by atoms with Gasteiger partial charge < -0.3 is 4.74 Å². The zero-order valence-electron chi connectivity index (χ0n) is 10.8. The van der Waals surface area contributed by atoms with Gasteiger partial charge in [-0.3, -0.25) is 0 Å². The van der Waals surface area contributed by atoms with Gasteiger partial charge in [-0.1, -0.05) is 38.2 Å². The zero-order valence-corrected chi connectivity index (χ0v) is 10.8. The van der Waals surface area contributed by atoms with E-state index in [1.165, 1.54) is 44.2 Å². The van der Waals surface area contributed by atoms with Crippen molar-refractivity contribution in [2.45, 2.75) is 51.9 Å². The maximum absolute atomic E-state index is 5.43. The molecule has 94 valence electrons. The van der Waals surface area contributed by atoms with Crippen molar-refractivity contribution in [3.63, 3.8) is 0 Å². The number of nitrogens with zero attached hydrogens (tertiary/aromatic N) is 1. The normalized spacial score (nSPS) is 17.0. The van der Waals surface area contributed by atoms with E-state index in [-0.39, 0.29) is 0 Å². The van der Waals surface area contributed by atoms with Gasteiger partial charge in [-0.2, -0.15) is 0 Å². The lowest BCUT2D eigenvalue weighted by atomic mass is 9.86. The second-order valence-corrected chi connectivity index (χ2v) is 4.94. The largest absolute Gasteiger partial charge is 0.478 e. The fraction of sp³-hybridized carbons (Fsp3) is 0.667. The maximum atomic E-state index is 5.43. The Morgan fingerprint density at radius 3 is 2.82 bits per heavy atom. The van der Waals surface area contributed by atoms with Crippen molar-refractivity contribution in [3.8, 4) is 5.88 Å². The van der Waals surface area contributed by atoms with E-state index in [0.29, 0.717) is 6.61 Å². The molecule has 1 aliphatic rings. The van der Waals surface area contributed by atoms with Crippen LogP contribution in [0, 0.1) is 5.92 Å². The van der Waals surface area contributed by atoms with Crippen LogP contribution in [0.4, 0.5) is 0 Å². The first-order valence-corrected chi connectivity index (χ1v) is 6.97. The van der Waals surface area contributed by atoms with Crippen LogP contribution < -0.4 is 4.74 Å². The number of pyridine rings is 1. The molecule has 0 spiro atoms. The molecule has 1 fully saturated rings. The van der Waals surface area contributed by atoms with E-state index in [2.05, 4.69) is 11.1 Å². The van der Waals surface area contributed by atoms with Gasteiger partial charge >= 0.3 is 0 Å². The monoisotopic (exact) mass is 233 g/mol. The van der Waals surface area contributed by atoms with Crippen LogP contribution in [-0.4, -0.2) is 11.6 Å². The van der Waals surface area contributed by atoms with Crippen LogP contribution in [0.15, 0.2) is 18.2 Å². The molecule has 1 saturated carbocycles. The van der Waals surface area contributed by atoms with Gasteiger partial charge in [-0.25, -0.2) is 4.98 Å². The predicted octanol–water partition coefficient (Wildman–Crippen LogP) is 3.99. The highest BCUT2D eigenvalue weighted by atomic mass is 16.5. The van der Waals surface area contributed by atoms with Crippen LogP contribution in [0.5, 0.6) is 5.88 Å². The van der Waals surface area contributed by atoms with E-state index in [4.69, 9.17) is 4.74 Å². The minimum Gasteiger partial charge on any atom is -0.478 e. The van der Waals surface area contributed by atoms with Crippen molar-refractivity contribution in [1.29, 1.82) is 0 Å². The number of hydrogen-bond donors (Lipinski definition) is 0. The summed E-state index contributed by atoms with van der Waals surface area (Å²) in [6.07, 6.45) is 9.53. The first-order chi connectivity index (χ1) is 8.38. The van der Waals surface area contributed by atoms with Gasteiger partial charge in [0.05, 0.1) is 6.61 Å². The highest BCUT2D eigenvalue weighted by Gasteiger charge is 2.13. The summed E-state index contributed by atoms with van der Waals surface area (Å²) in [7, 11) is 0. The average Bonchev–Trinajstić information content (AvgIpc) is 2.39. The average molecular weight is 233 g/mol. The second kappa shape index (κ2) is 6.63. The Hall–Kier alpha value is -1.05. The van der Waals surface area contributed by atoms with Gasteiger partial charge in [0.25, 0.3) is 0 Å². The number of ether oxygens (including phenoxy) is 1. The summed E-state index contributed by atoms with van der Waals surface area (Å²) in [6.45, 7) is 2.69. The van der Waals surface area contributed by atoms with Gasteiger partial charge in [0.1, 0.15) is 0 Å². The fourth-order valence-electron chi connectivity index (χ4n) is 2.65. The highest BCUT2D eigenvalue weighted by Crippen LogP contribution is 2.27. The number of hydrogen-bond acceptors (Lipinski definition) is 2. The van der Waals surface area contributed by atoms with E-state index in [1.54, 1.807) is 0 Å². The maximum Gasteiger partial charge on any atom is 0.213 e. The first kappa shape index (κ1) is 12.4. The molecule has 1 aromatic heterocycles. The Balaban J connectivity index is 1.83. The molecule has 0 unspecified atom stereocenters. The quantitative estimate of drug-likeness (QED) is 0.767. The molecule has 1 heterocycles. The topological polar surface area (TPSA) is 22.1 Å². The zero-order chi connectivity index (χ0) is 11.9. The lowest BCUT2D eigenvalue weighted by Gasteiger charge is -2.21. The summed E-state index contributed by atoms with van der Waals surface area (Å²) in [5.74, 6) is 1.70. The third-order valence-electron chi connectivity index (χ3n) is 3.61. The molecular weight excluding hydrogens is 210 g/mol. The SMILES string of the molecule is CCOc1cccc(CCC2CCCCC2)n1. The summed E-state index contributed by atoms with van der Waals surface area (Å²) in [6, 6.07) is 6.10. The first-order valence-electron chi connectivity index (χ1n) is 6.97. The Morgan fingerprint density at radius 2 is 2.06 bits per heavy atom. The van der Waals surface area contributed by atoms with E-state index < -0.39 is 0 Å². The smallest absolute Gasteiger partial charge is 0.213 e. The molecule has 0 amide bonds. The molecule has 0 aromatic carbocycles. The molecule has 1 aliphatic carbocycles. The van der Waals surface area contributed by atoms with Crippen molar-refractivity contribution >= 4 is 0 Å². The Morgan fingerprint density at radius 1 is 1.24 bits per heavy atom. The molecule has 2 rings (SSSR count). The standard InChI is InChI=1S/C15H23NO/c1-2-17-15-10-6-9-14(16-15)12-11-13-7-4-3-5-8-13/h6,9-10,13H,2-5,7-8,11-12H2,1H3. The van der Waals surface area contributed by atoms with Crippen molar-refractivity contribution in [3.05, 3.63) is 23.9 Å². The van der Waals surface area contributed by atoms with Crippen LogP contribution in [0.3, 0.4) is 0 Å². The summed E-state index contributed by atoms with van der Waals surface area (Å²) in [5.41, 5.74) is 1.18. The van der Waals surface area contributed by atoms with Crippen molar-refractivity contribution in [2.24, 2.45) is 5.92 Å². The molecule has 0 radical (unpaired) electrons. The molecule has 0 saturated heterocycles. The number of rotatable bonds is 5. The van der Waals surface area contributed by atoms with Gasteiger partial charge in [0.2, 0.25) is 5.88 Å². The van der Waals surface area contributed by atoms with Gasteiger partial charge in [0, 0.05) is 11.8 Å². The van der Waals surface area contributed by atoms with Crippen LogP contribution in [0.25, 0.3) is 0 Å².